The van der Waals surface area contributed by atoms with Gasteiger partial charge in [0.1, 0.15) is 0 Å². The Balaban J connectivity index is 2.41. The molecule has 0 saturated heterocycles. The van der Waals surface area contributed by atoms with E-state index in [0.29, 0.717) is 11.4 Å². The Morgan fingerprint density at radius 3 is 2.62 bits per heavy atom. The Morgan fingerprint density at radius 2 is 2.31 bits per heavy atom. The molecule has 0 aromatic carbocycles. The summed E-state index contributed by atoms with van der Waals surface area (Å²) >= 11 is 0. The van der Waals surface area contributed by atoms with Gasteiger partial charge in [0.25, 0.3) is 5.92 Å². The topological polar surface area (TPSA) is 54.7 Å². The molecule has 1 aromatic rings. The minimum absolute atomic E-state index is 0.0499. The van der Waals surface area contributed by atoms with E-state index in [1.165, 1.54) is 6.33 Å². The van der Waals surface area contributed by atoms with Crippen molar-refractivity contribution < 1.29 is 8.78 Å². The third kappa shape index (κ3) is 0.934. The van der Waals surface area contributed by atoms with Crippen LogP contribution in [0.25, 0.3) is 0 Å². The maximum Gasteiger partial charge on any atom is 0.261 e. The van der Waals surface area contributed by atoms with Gasteiger partial charge in [0.2, 0.25) is 0 Å². The van der Waals surface area contributed by atoms with Gasteiger partial charge >= 0.3 is 0 Å². The Hall–Kier alpha value is -0.970. The molecule has 13 heavy (non-hydrogen) atoms. The summed E-state index contributed by atoms with van der Waals surface area (Å²) in [5.74, 6) is -2.68. The van der Waals surface area contributed by atoms with Crippen molar-refractivity contribution in [2.24, 2.45) is 5.73 Å². The van der Waals surface area contributed by atoms with Crippen LogP contribution >= 0.6 is 0 Å². The highest BCUT2D eigenvalue weighted by molar-refractivity contribution is 5.36. The molecule has 2 rings (SSSR count). The van der Waals surface area contributed by atoms with E-state index in [0.717, 1.165) is 0 Å². The molecule has 1 heterocycles. The van der Waals surface area contributed by atoms with Crippen molar-refractivity contribution in [3.05, 3.63) is 17.7 Å². The number of aromatic amines is 1. The third-order valence-corrected chi connectivity index (χ3v) is 2.73. The minimum atomic E-state index is -2.68. The molecule has 1 atom stereocenters. The SMILES string of the molecule is Cc1[nH]cnc1C1(CN)CC1(F)F. The van der Waals surface area contributed by atoms with Crippen molar-refractivity contribution in [2.45, 2.75) is 24.7 Å². The molecule has 1 unspecified atom stereocenters. The van der Waals surface area contributed by atoms with Gasteiger partial charge in [-0.3, -0.25) is 0 Å². The zero-order valence-electron chi connectivity index (χ0n) is 7.27. The smallest absolute Gasteiger partial charge is 0.261 e. The third-order valence-electron chi connectivity index (χ3n) is 2.73. The average Bonchev–Trinajstić information content (AvgIpc) is 2.43. The normalized spacial score (nSPS) is 30.5. The summed E-state index contributed by atoms with van der Waals surface area (Å²) in [6.45, 7) is 1.68. The molecule has 0 radical (unpaired) electrons. The van der Waals surface area contributed by atoms with Crippen LogP contribution in [0, 0.1) is 6.92 Å². The lowest BCUT2D eigenvalue weighted by Gasteiger charge is -2.11. The number of nitrogens with two attached hydrogens (primary N) is 1. The van der Waals surface area contributed by atoms with Gasteiger partial charge in [0.05, 0.1) is 17.4 Å². The zero-order valence-corrected chi connectivity index (χ0v) is 7.27. The molecule has 72 valence electrons. The lowest BCUT2D eigenvalue weighted by atomic mass is 10.0. The van der Waals surface area contributed by atoms with E-state index in [2.05, 4.69) is 9.97 Å². The second-order valence-electron chi connectivity index (χ2n) is 3.54. The number of rotatable bonds is 2. The fourth-order valence-electron chi connectivity index (χ4n) is 1.75. The molecule has 0 amide bonds. The van der Waals surface area contributed by atoms with Crippen LogP contribution < -0.4 is 5.73 Å². The van der Waals surface area contributed by atoms with Crippen LogP contribution in [0.4, 0.5) is 8.78 Å². The van der Waals surface area contributed by atoms with E-state index in [9.17, 15) is 8.78 Å². The molecule has 1 saturated carbocycles. The van der Waals surface area contributed by atoms with Gasteiger partial charge < -0.3 is 10.7 Å². The number of H-pyrrole nitrogens is 1. The van der Waals surface area contributed by atoms with Crippen molar-refractivity contribution in [3.8, 4) is 0 Å². The van der Waals surface area contributed by atoms with Crippen molar-refractivity contribution in [1.29, 1.82) is 0 Å². The molecule has 3 N–H and O–H groups in total. The first-order valence-electron chi connectivity index (χ1n) is 4.12. The highest BCUT2D eigenvalue weighted by Gasteiger charge is 2.72. The molecule has 1 aliphatic carbocycles. The van der Waals surface area contributed by atoms with Gasteiger partial charge in [0.15, 0.2) is 0 Å². The molecule has 1 aromatic heterocycles. The highest BCUT2D eigenvalue weighted by atomic mass is 19.3. The molecule has 0 spiro atoms. The monoisotopic (exact) mass is 187 g/mol. The quantitative estimate of drug-likeness (QED) is 0.724. The molecule has 0 aliphatic heterocycles. The Kier molecular flexibility index (Phi) is 1.52. The predicted octanol–water partition coefficient (Wildman–Crippen LogP) is 0.954. The number of aromatic nitrogens is 2. The molecule has 0 bridgehead atoms. The van der Waals surface area contributed by atoms with Crippen molar-refractivity contribution >= 4 is 0 Å². The van der Waals surface area contributed by atoms with Crippen molar-refractivity contribution in [2.75, 3.05) is 6.54 Å². The Morgan fingerprint density at radius 1 is 1.69 bits per heavy atom. The highest BCUT2D eigenvalue weighted by Crippen LogP contribution is 2.60. The fourth-order valence-corrected chi connectivity index (χ4v) is 1.75. The molecule has 3 nitrogen and oxygen atoms in total. The van der Waals surface area contributed by atoms with Crippen LogP contribution in [0.3, 0.4) is 0 Å². The summed E-state index contributed by atoms with van der Waals surface area (Å²) in [6, 6.07) is 0. The van der Waals surface area contributed by atoms with E-state index >= 15 is 0 Å². The van der Waals surface area contributed by atoms with Gasteiger partial charge in [-0.25, -0.2) is 13.8 Å². The van der Waals surface area contributed by atoms with Crippen LogP contribution in [0.1, 0.15) is 17.8 Å². The molecule has 5 heteroatoms. The van der Waals surface area contributed by atoms with Crippen LogP contribution in [0.2, 0.25) is 0 Å². The number of halogens is 2. The first kappa shape index (κ1) is 8.62. The maximum atomic E-state index is 13.1. The van der Waals surface area contributed by atoms with Crippen LogP contribution in [-0.2, 0) is 5.41 Å². The van der Waals surface area contributed by atoms with Gasteiger partial charge in [-0.05, 0) is 6.92 Å². The lowest BCUT2D eigenvalue weighted by molar-refractivity contribution is 0.0885. The largest absolute Gasteiger partial charge is 0.348 e. The number of alkyl halides is 2. The van der Waals surface area contributed by atoms with Crippen LogP contribution in [0.5, 0.6) is 0 Å². The van der Waals surface area contributed by atoms with Crippen molar-refractivity contribution in [1.82, 2.24) is 9.97 Å². The molecular weight excluding hydrogens is 176 g/mol. The summed E-state index contributed by atoms with van der Waals surface area (Å²) in [5, 5.41) is 0. The maximum absolute atomic E-state index is 13.1. The number of nitrogens with zero attached hydrogens (tertiary/aromatic N) is 1. The summed E-state index contributed by atoms with van der Waals surface area (Å²) < 4.78 is 26.1. The first-order chi connectivity index (χ1) is 6.03. The van der Waals surface area contributed by atoms with Gasteiger partial charge in [-0.2, -0.15) is 0 Å². The summed E-state index contributed by atoms with van der Waals surface area (Å²) in [7, 11) is 0. The number of imidazole rings is 1. The number of nitrogens with one attached hydrogen (secondary N) is 1. The van der Waals surface area contributed by atoms with Crippen LogP contribution in [-0.4, -0.2) is 22.4 Å². The van der Waals surface area contributed by atoms with E-state index < -0.39 is 11.3 Å². The first-order valence-corrected chi connectivity index (χ1v) is 4.12. The lowest BCUT2D eigenvalue weighted by Crippen LogP contribution is -2.27. The van der Waals surface area contributed by atoms with E-state index in [1.54, 1.807) is 6.92 Å². The predicted molar refractivity (Wildman–Crippen MR) is 43.6 cm³/mol. The second kappa shape index (κ2) is 2.29. The standard InChI is InChI=1S/C8H11F2N3/c1-5-6(13-4-12-5)7(3-11)2-8(7,9)10/h4H,2-3,11H2,1H3,(H,12,13). The van der Waals surface area contributed by atoms with Gasteiger partial charge in [0, 0.05) is 18.7 Å². The van der Waals surface area contributed by atoms with Crippen molar-refractivity contribution in [3.63, 3.8) is 0 Å². The minimum Gasteiger partial charge on any atom is -0.348 e. The van der Waals surface area contributed by atoms with E-state index in [4.69, 9.17) is 5.73 Å². The van der Waals surface area contributed by atoms with Gasteiger partial charge in [-0.1, -0.05) is 0 Å². The van der Waals surface area contributed by atoms with Crippen LogP contribution in [0.15, 0.2) is 6.33 Å². The van der Waals surface area contributed by atoms with E-state index in [1.807, 2.05) is 0 Å². The Labute approximate surface area is 74.4 Å². The zero-order chi connectivity index (χ0) is 9.69. The summed E-state index contributed by atoms with van der Waals surface area (Å²) in [6.07, 6.45) is 1.25. The molecular formula is C8H11F2N3. The summed E-state index contributed by atoms with van der Waals surface area (Å²) in [5.41, 5.74) is 5.27. The number of hydrogen-bond donors (Lipinski definition) is 2. The number of hydrogen-bond acceptors (Lipinski definition) is 2. The molecule has 1 fully saturated rings. The van der Waals surface area contributed by atoms with E-state index in [-0.39, 0.29) is 13.0 Å². The molecule has 1 aliphatic rings. The fraction of sp³-hybridized carbons (Fsp3) is 0.625. The average molecular weight is 187 g/mol. The summed E-state index contributed by atoms with van der Waals surface area (Å²) in [4.78, 5) is 6.69. The Bertz CT molecular complexity index is 334. The number of aryl methyl sites for hydroxylation is 1. The second-order valence-corrected chi connectivity index (χ2v) is 3.54. The van der Waals surface area contributed by atoms with Gasteiger partial charge in [-0.15, -0.1) is 0 Å².